The van der Waals surface area contributed by atoms with Crippen molar-refractivity contribution in [2.75, 3.05) is 7.11 Å². The molecule has 0 N–H and O–H groups in total. The van der Waals surface area contributed by atoms with Gasteiger partial charge in [0.1, 0.15) is 5.76 Å². The average Bonchev–Trinajstić information content (AvgIpc) is 2.41. The van der Waals surface area contributed by atoms with Crippen molar-refractivity contribution in [2.24, 2.45) is 4.99 Å². The fourth-order valence-corrected chi connectivity index (χ4v) is 1.56. The van der Waals surface area contributed by atoms with Crippen LogP contribution in [0.4, 0.5) is 5.69 Å². The van der Waals surface area contributed by atoms with Gasteiger partial charge in [0, 0.05) is 12.2 Å². The molecule has 0 bridgehead atoms. The van der Waals surface area contributed by atoms with Gasteiger partial charge in [-0.15, -0.1) is 0 Å². The molecule has 4 heteroatoms. The molecule has 1 aromatic rings. The zero-order valence-electron chi connectivity index (χ0n) is 10.3. The van der Waals surface area contributed by atoms with Crippen LogP contribution in [0, 0.1) is 11.8 Å². The SMILES string of the molecule is COC1=CC(=Nc2ccc(C)cc2)C(=[N+]=O)C=C1. The highest BCUT2D eigenvalue weighted by Crippen LogP contribution is 2.15. The smallest absolute Gasteiger partial charge is 0.421 e. The molecule has 1 aliphatic rings. The number of hydrogen-bond donors (Lipinski definition) is 0. The Morgan fingerprint density at radius 2 is 1.89 bits per heavy atom. The Hall–Kier alpha value is -2.45. The Bertz CT molecular complexity index is 589. The van der Waals surface area contributed by atoms with Crippen LogP contribution in [0.2, 0.25) is 0 Å². The Morgan fingerprint density at radius 1 is 1.17 bits per heavy atom. The maximum absolute atomic E-state index is 10.7. The highest BCUT2D eigenvalue weighted by molar-refractivity contribution is 6.51. The van der Waals surface area contributed by atoms with Crippen molar-refractivity contribution in [3.05, 3.63) is 58.7 Å². The molecule has 2 rings (SSSR count). The van der Waals surface area contributed by atoms with Gasteiger partial charge in [-0.25, -0.2) is 4.99 Å². The zero-order valence-corrected chi connectivity index (χ0v) is 10.3. The van der Waals surface area contributed by atoms with Crippen LogP contribution in [-0.4, -0.2) is 18.5 Å². The van der Waals surface area contributed by atoms with Gasteiger partial charge in [-0.3, -0.25) is 0 Å². The van der Waals surface area contributed by atoms with Crippen molar-refractivity contribution in [1.82, 2.24) is 4.85 Å². The van der Waals surface area contributed by atoms with Gasteiger partial charge in [0.2, 0.25) is 4.85 Å². The molecule has 1 aliphatic carbocycles. The molecule has 0 saturated heterocycles. The van der Waals surface area contributed by atoms with E-state index < -0.39 is 0 Å². The van der Waals surface area contributed by atoms with Crippen LogP contribution in [0.25, 0.3) is 0 Å². The molecule has 0 aromatic heterocycles. The number of aliphatic imine (C=N–C) groups is 1. The monoisotopic (exact) mass is 241 g/mol. The summed E-state index contributed by atoms with van der Waals surface area (Å²) in [5.41, 5.74) is 2.75. The second-order valence-corrected chi connectivity index (χ2v) is 3.89. The number of nitroso groups, excluding NO2 is 1. The quantitative estimate of drug-likeness (QED) is 0.590. The lowest BCUT2D eigenvalue weighted by Gasteiger charge is -2.03. The number of rotatable bonds is 2. The van der Waals surface area contributed by atoms with Gasteiger partial charge in [0.25, 0.3) is 0 Å². The molecule has 0 unspecified atom stereocenters. The third-order valence-corrected chi connectivity index (χ3v) is 2.56. The number of ether oxygens (including phenoxy) is 1. The van der Waals surface area contributed by atoms with E-state index in [4.69, 9.17) is 4.74 Å². The van der Waals surface area contributed by atoms with Crippen LogP contribution in [0.3, 0.4) is 0 Å². The summed E-state index contributed by atoms with van der Waals surface area (Å²) in [5, 5.41) is 0. The van der Waals surface area contributed by atoms with E-state index in [0.29, 0.717) is 17.2 Å². The minimum atomic E-state index is 0.302. The van der Waals surface area contributed by atoms with Crippen molar-refractivity contribution < 1.29 is 4.74 Å². The summed E-state index contributed by atoms with van der Waals surface area (Å²) in [5.74, 6) is 0.647. The Morgan fingerprint density at radius 3 is 2.50 bits per heavy atom. The van der Waals surface area contributed by atoms with E-state index in [1.165, 1.54) is 0 Å². The van der Waals surface area contributed by atoms with Gasteiger partial charge in [0.05, 0.1) is 12.8 Å². The molecule has 0 amide bonds. The van der Waals surface area contributed by atoms with Crippen LogP contribution >= 0.6 is 0 Å². The lowest BCUT2D eigenvalue weighted by Crippen LogP contribution is -2.15. The van der Waals surface area contributed by atoms with E-state index in [1.54, 1.807) is 25.3 Å². The Labute approximate surface area is 105 Å². The molecule has 0 aliphatic heterocycles. The van der Waals surface area contributed by atoms with Crippen molar-refractivity contribution in [3.63, 3.8) is 0 Å². The number of benzene rings is 1. The maximum atomic E-state index is 10.7. The third-order valence-electron chi connectivity index (χ3n) is 2.56. The second kappa shape index (κ2) is 5.25. The van der Waals surface area contributed by atoms with Gasteiger partial charge in [-0.05, 0) is 25.1 Å². The molecule has 0 saturated carbocycles. The number of nitrogens with zero attached hydrogens (tertiary/aromatic N) is 2. The van der Waals surface area contributed by atoms with Gasteiger partial charge >= 0.3 is 5.71 Å². The maximum Gasteiger partial charge on any atom is 0.421 e. The first-order valence-electron chi connectivity index (χ1n) is 5.53. The minimum absolute atomic E-state index is 0.302. The van der Waals surface area contributed by atoms with Gasteiger partial charge in [0.15, 0.2) is 10.6 Å². The van der Waals surface area contributed by atoms with Crippen LogP contribution < -0.4 is 4.85 Å². The fraction of sp³-hybridized carbons (Fsp3) is 0.143. The van der Waals surface area contributed by atoms with Crippen molar-refractivity contribution in [3.8, 4) is 0 Å². The molecule has 4 nitrogen and oxygen atoms in total. The summed E-state index contributed by atoms with van der Waals surface area (Å²) >= 11 is 0. The highest BCUT2D eigenvalue weighted by atomic mass is 16.5. The molecule has 90 valence electrons. The molecule has 18 heavy (non-hydrogen) atoms. The van der Waals surface area contributed by atoms with Gasteiger partial charge in [-0.2, -0.15) is 0 Å². The first-order chi connectivity index (χ1) is 8.72. The standard InChI is InChI=1S/C14H13N2O2/c1-10-3-5-11(6-4-10)15-14-9-12(18-2)7-8-13(14)16-17/h3-9H,1-2H3/q+1. The van der Waals surface area contributed by atoms with Gasteiger partial charge in [-0.1, -0.05) is 17.7 Å². The second-order valence-electron chi connectivity index (χ2n) is 3.89. The summed E-state index contributed by atoms with van der Waals surface area (Å²) in [6, 6.07) is 7.72. The summed E-state index contributed by atoms with van der Waals surface area (Å²) in [6.45, 7) is 2.01. The number of methoxy groups -OCH3 is 1. The largest absolute Gasteiger partial charge is 0.497 e. The summed E-state index contributed by atoms with van der Waals surface area (Å²) in [7, 11) is 1.57. The molecule has 0 spiro atoms. The van der Waals surface area contributed by atoms with Crippen LogP contribution in [0.5, 0.6) is 0 Å². The molecular weight excluding hydrogens is 228 g/mol. The molecule has 0 radical (unpaired) electrons. The van der Waals surface area contributed by atoms with Gasteiger partial charge < -0.3 is 4.74 Å². The lowest BCUT2D eigenvalue weighted by molar-refractivity contribution is 0.307. The molecular formula is C14H13N2O2+. The van der Waals surface area contributed by atoms with E-state index in [9.17, 15) is 4.91 Å². The molecule has 0 fully saturated rings. The number of allylic oxidation sites excluding steroid dienone is 3. The highest BCUT2D eigenvalue weighted by Gasteiger charge is 2.21. The summed E-state index contributed by atoms with van der Waals surface area (Å²) in [4.78, 5) is 18.1. The Kier molecular flexibility index (Phi) is 3.51. The number of hydrogen-bond acceptors (Lipinski definition) is 3. The topological polar surface area (TPSA) is 52.8 Å². The van der Waals surface area contributed by atoms with E-state index >= 15 is 0 Å². The van der Waals surface area contributed by atoms with E-state index in [0.717, 1.165) is 11.3 Å². The van der Waals surface area contributed by atoms with E-state index in [-0.39, 0.29) is 0 Å². The minimum Gasteiger partial charge on any atom is -0.497 e. The van der Waals surface area contributed by atoms with Crippen molar-refractivity contribution >= 4 is 17.1 Å². The fourth-order valence-electron chi connectivity index (χ4n) is 1.56. The Balaban J connectivity index is 2.41. The van der Waals surface area contributed by atoms with Crippen molar-refractivity contribution in [1.29, 1.82) is 0 Å². The van der Waals surface area contributed by atoms with E-state index in [2.05, 4.69) is 9.84 Å². The third kappa shape index (κ3) is 2.62. The summed E-state index contributed by atoms with van der Waals surface area (Å²) in [6.07, 6.45) is 4.97. The number of aryl methyl sites for hydroxylation is 1. The lowest BCUT2D eigenvalue weighted by atomic mass is 10.1. The van der Waals surface area contributed by atoms with E-state index in [1.807, 2.05) is 31.2 Å². The van der Waals surface area contributed by atoms with Crippen LogP contribution in [-0.2, 0) is 4.74 Å². The first kappa shape index (κ1) is 12.0. The molecule has 1 aromatic carbocycles. The summed E-state index contributed by atoms with van der Waals surface area (Å²) < 4.78 is 5.11. The normalized spacial score (nSPS) is 16.4. The van der Waals surface area contributed by atoms with Crippen molar-refractivity contribution in [2.45, 2.75) is 6.92 Å². The zero-order chi connectivity index (χ0) is 13.0. The predicted molar refractivity (Wildman–Crippen MR) is 73.0 cm³/mol. The van der Waals surface area contributed by atoms with Crippen LogP contribution in [0.15, 0.2) is 53.2 Å². The molecule has 0 atom stereocenters. The first-order valence-corrected chi connectivity index (χ1v) is 5.53. The molecule has 0 heterocycles. The van der Waals surface area contributed by atoms with Crippen LogP contribution in [0.1, 0.15) is 5.56 Å². The predicted octanol–water partition coefficient (Wildman–Crippen LogP) is 2.44. The average molecular weight is 241 g/mol.